The summed E-state index contributed by atoms with van der Waals surface area (Å²) in [5, 5.41) is 6.42. The van der Waals surface area contributed by atoms with Crippen LogP contribution in [0.5, 0.6) is 0 Å². The second-order valence-corrected chi connectivity index (χ2v) is 6.07. The van der Waals surface area contributed by atoms with E-state index in [2.05, 4.69) is 10.3 Å². The zero-order valence-electron chi connectivity index (χ0n) is 11.1. The average Bonchev–Trinajstić information content (AvgIpc) is 2.76. The highest BCUT2D eigenvalue weighted by Gasteiger charge is 2.19. The average molecular weight is 267 g/mol. The largest absolute Gasteiger partial charge is 0.340 e. The van der Waals surface area contributed by atoms with Gasteiger partial charge in [0.2, 0.25) is 5.91 Å². The molecule has 18 heavy (non-hydrogen) atoms. The van der Waals surface area contributed by atoms with Gasteiger partial charge in [0.05, 0.1) is 17.2 Å². The van der Waals surface area contributed by atoms with Gasteiger partial charge in [-0.1, -0.05) is 0 Å². The molecule has 2 rings (SSSR count). The van der Waals surface area contributed by atoms with Crippen LogP contribution >= 0.6 is 11.3 Å². The first kappa shape index (κ1) is 13.5. The Labute approximate surface area is 112 Å². The molecule has 100 valence electrons. The zero-order valence-corrected chi connectivity index (χ0v) is 11.9. The number of carbonyl (C=O) groups is 1. The minimum absolute atomic E-state index is 0.243. The van der Waals surface area contributed by atoms with Crippen LogP contribution in [0.1, 0.15) is 30.0 Å². The summed E-state index contributed by atoms with van der Waals surface area (Å²) in [5.74, 6) is 0.797. The van der Waals surface area contributed by atoms with Crippen molar-refractivity contribution in [2.45, 2.75) is 32.7 Å². The van der Waals surface area contributed by atoms with E-state index in [0.717, 1.165) is 36.6 Å². The molecule has 4 nitrogen and oxygen atoms in total. The molecule has 1 aliphatic heterocycles. The van der Waals surface area contributed by atoms with Gasteiger partial charge in [-0.2, -0.15) is 0 Å². The van der Waals surface area contributed by atoms with Crippen molar-refractivity contribution in [3.63, 3.8) is 0 Å². The maximum Gasteiger partial charge on any atom is 0.222 e. The number of rotatable bonds is 4. The maximum atomic E-state index is 12.1. The molecular weight excluding hydrogens is 246 g/mol. The summed E-state index contributed by atoms with van der Waals surface area (Å²) in [6, 6.07) is 0. The van der Waals surface area contributed by atoms with E-state index < -0.39 is 0 Å². The fourth-order valence-electron chi connectivity index (χ4n) is 2.30. The molecule has 0 unspecified atom stereocenters. The Morgan fingerprint density at radius 2 is 2.28 bits per heavy atom. The van der Waals surface area contributed by atoms with Crippen molar-refractivity contribution in [1.82, 2.24) is 15.2 Å². The number of piperidine rings is 1. The lowest BCUT2D eigenvalue weighted by molar-refractivity contribution is -0.131. The number of amides is 1. The number of aromatic nitrogens is 1. The van der Waals surface area contributed by atoms with Gasteiger partial charge in [-0.25, -0.2) is 4.98 Å². The topological polar surface area (TPSA) is 45.2 Å². The van der Waals surface area contributed by atoms with E-state index in [1.807, 2.05) is 19.4 Å². The number of aryl methyl sites for hydroxylation is 1. The van der Waals surface area contributed by atoms with Gasteiger partial charge in [-0.15, -0.1) is 11.3 Å². The van der Waals surface area contributed by atoms with E-state index >= 15 is 0 Å². The third-order valence-electron chi connectivity index (χ3n) is 3.41. The third-order valence-corrected chi connectivity index (χ3v) is 4.24. The number of carbonyl (C=O) groups excluding carboxylic acids is 1. The molecule has 0 aliphatic carbocycles. The molecule has 2 heterocycles. The lowest BCUT2D eigenvalue weighted by Crippen LogP contribution is -2.33. The Hall–Kier alpha value is -0.940. The molecule has 5 heteroatoms. The van der Waals surface area contributed by atoms with Crippen molar-refractivity contribution in [2.24, 2.45) is 5.92 Å². The van der Waals surface area contributed by atoms with Crippen LogP contribution in [0.3, 0.4) is 0 Å². The second kappa shape index (κ2) is 6.29. The predicted octanol–water partition coefficient (Wildman–Crippen LogP) is 1.80. The van der Waals surface area contributed by atoms with Gasteiger partial charge in [0, 0.05) is 18.8 Å². The quantitative estimate of drug-likeness (QED) is 0.905. The lowest BCUT2D eigenvalue weighted by Gasteiger charge is -2.24. The first-order valence-electron chi connectivity index (χ1n) is 6.51. The van der Waals surface area contributed by atoms with Crippen molar-refractivity contribution in [3.8, 4) is 0 Å². The zero-order chi connectivity index (χ0) is 13.0. The van der Waals surface area contributed by atoms with Crippen LogP contribution in [0.15, 0.2) is 5.38 Å². The summed E-state index contributed by atoms with van der Waals surface area (Å²) in [6.45, 7) is 4.72. The summed E-state index contributed by atoms with van der Waals surface area (Å²) < 4.78 is 0. The molecule has 0 saturated carbocycles. The van der Waals surface area contributed by atoms with Crippen molar-refractivity contribution in [3.05, 3.63) is 16.1 Å². The van der Waals surface area contributed by atoms with Crippen LogP contribution in [0.25, 0.3) is 0 Å². The number of hydrogen-bond acceptors (Lipinski definition) is 4. The molecule has 0 bridgehead atoms. The molecule has 1 saturated heterocycles. The van der Waals surface area contributed by atoms with Crippen molar-refractivity contribution in [1.29, 1.82) is 0 Å². The van der Waals surface area contributed by atoms with Crippen LogP contribution in [0.2, 0.25) is 0 Å². The van der Waals surface area contributed by atoms with Gasteiger partial charge in [-0.05, 0) is 38.8 Å². The molecule has 0 atom stereocenters. The van der Waals surface area contributed by atoms with Crippen molar-refractivity contribution >= 4 is 17.2 Å². The van der Waals surface area contributed by atoms with E-state index in [1.165, 1.54) is 0 Å². The van der Waals surface area contributed by atoms with Crippen LogP contribution < -0.4 is 5.32 Å². The van der Waals surface area contributed by atoms with Crippen LogP contribution in [0.4, 0.5) is 0 Å². The molecular formula is C13H21N3OS. The Morgan fingerprint density at radius 1 is 1.56 bits per heavy atom. The lowest BCUT2D eigenvalue weighted by atomic mass is 9.94. The smallest absolute Gasteiger partial charge is 0.222 e. The highest BCUT2D eigenvalue weighted by molar-refractivity contribution is 7.09. The molecule has 1 aliphatic rings. The summed E-state index contributed by atoms with van der Waals surface area (Å²) in [4.78, 5) is 18.3. The standard InChI is InChI=1S/C13H21N3OS/c1-10-15-12(9-18-10)8-16(2)13(17)7-11-3-5-14-6-4-11/h9,11,14H,3-8H2,1-2H3. The van der Waals surface area contributed by atoms with Gasteiger partial charge in [-0.3, -0.25) is 4.79 Å². The van der Waals surface area contributed by atoms with Gasteiger partial charge < -0.3 is 10.2 Å². The Balaban J connectivity index is 1.80. The summed E-state index contributed by atoms with van der Waals surface area (Å²) in [6.07, 6.45) is 2.92. The second-order valence-electron chi connectivity index (χ2n) is 5.01. The molecule has 1 N–H and O–H groups in total. The highest BCUT2D eigenvalue weighted by atomic mass is 32.1. The van der Waals surface area contributed by atoms with Crippen LogP contribution in [0, 0.1) is 12.8 Å². The molecule has 1 aromatic heterocycles. The minimum atomic E-state index is 0.243. The SMILES string of the molecule is Cc1nc(CN(C)C(=O)CC2CCNCC2)cs1. The van der Waals surface area contributed by atoms with Gasteiger partial charge in [0.25, 0.3) is 0 Å². The summed E-state index contributed by atoms with van der Waals surface area (Å²) in [5.41, 5.74) is 0.999. The van der Waals surface area contributed by atoms with Crippen molar-refractivity contribution < 1.29 is 4.79 Å². The van der Waals surface area contributed by atoms with E-state index in [1.54, 1.807) is 16.2 Å². The van der Waals surface area contributed by atoms with Gasteiger partial charge >= 0.3 is 0 Å². The fourth-order valence-corrected chi connectivity index (χ4v) is 2.90. The minimum Gasteiger partial charge on any atom is -0.340 e. The molecule has 0 radical (unpaired) electrons. The maximum absolute atomic E-state index is 12.1. The number of nitrogens with one attached hydrogen (secondary N) is 1. The first-order chi connectivity index (χ1) is 8.65. The first-order valence-corrected chi connectivity index (χ1v) is 7.39. The van der Waals surface area contributed by atoms with E-state index in [9.17, 15) is 4.79 Å². The molecule has 1 fully saturated rings. The Bertz CT molecular complexity index is 399. The van der Waals surface area contributed by atoms with Crippen molar-refractivity contribution in [2.75, 3.05) is 20.1 Å². The molecule has 0 aromatic carbocycles. The van der Waals surface area contributed by atoms with Gasteiger partial charge in [0.1, 0.15) is 0 Å². The monoisotopic (exact) mass is 267 g/mol. The number of thiazole rings is 1. The van der Waals surface area contributed by atoms with Crippen LogP contribution in [-0.4, -0.2) is 35.9 Å². The van der Waals surface area contributed by atoms with E-state index in [-0.39, 0.29) is 5.91 Å². The molecule has 1 amide bonds. The Morgan fingerprint density at radius 3 is 2.89 bits per heavy atom. The van der Waals surface area contributed by atoms with Crippen LogP contribution in [-0.2, 0) is 11.3 Å². The summed E-state index contributed by atoms with van der Waals surface area (Å²) in [7, 11) is 1.87. The number of hydrogen-bond donors (Lipinski definition) is 1. The van der Waals surface area contributed by atoms with E-state index in [0.29, 0.717) is 18.9 Å². The molecule has 1 aromatic rings. The highest BCUT2D eigenvalue weighted by Crippen LogP contribution is 2.18. The van der Waals surface area contributed by atoms with E-state index in [4.69, 9.17) is 0 Å². The Kier molecular flexibility index (Phi) is 4.72. The number of nitrogens with zero attached hydrogens (tertiary/aromatic N) is 2. The normalized spacial score (nSPS) is 16.8. The molecule has 0 spiro atoms. The van der Waals surface area contributed by atoms with Gasteiger partial charge in [0.15, 0.2) is 0 Å². The predicted molar refractivity (Wildman–Crippen MR) is 73.5 cm³/mol. The fraction of sp³-hybridized carbons (Fsp3) is 0.692. The third kappa shape index (κ3) is 3.78. The summed E-state index contributed by atoms with van der Waals surface area (Å²) >= 11 is 1.64.